The second-order valence-electron chi connectivity index (χ2n) is 3.77. The van der Waals surface area contributed by atoms with E-state index in [-0.39, 0.29) is 5.88 Å². The minimum Gasteiger partial charge on any atom is -0.496 e. The van der Waals surface area contributed by atoms with E-state index in [0.717, 1.165) is 22.4 Å². The van der Waals surface area contributed by atoms with Crippen LogP contribution >= 0.6 is 11.6 Å². The van der Waals surface area contributed by atoms with Crippen molar-refractivity contribution in [1.29, 1.82) is 0 Å². The van der Waals surface area contributed by atoms with Crippen LogP contribution in [-0.2, 0) is 6.42 Å². The first-order valence-corrected chi connectivity index (χ1v) is 5.50. The fraction of sp³-hybridized carbons (Fsp3) is 0.500. The second-order valence-corrected chi connectivity index (χ2v) is 4.08. The minimum absolute atomic E-state index is 0.246. The molecule has 15 heavy (non-hydrogen) atoms. The summed E-state index contributed by atoms with van der Waals surface area (Å²) in [6, 6.07) is 4.06. The molecule has 3 heteroatoms. The van der Waals surface area contributed by atoms with Gasteiger partial charge in [-0.25, -0.2) is 0 Å². The van der Waals surface area contributed by atoms with Crippen LogP contribution < -0.4 is 4.74 Å². The molecule has 0 fully saturated rings. The number of hydrogen-bond acceptors (Lipinski definition) is 2. The van der Waals surface area contributed by atoms with Crippen LogP contribution in [0.2, 0.25) is 0 Å². The molecule has 1 unspecified atom stereocenters. The van der Waals surface area contributed by atoms with Crippen molar-refractivity contribution in [1.82, 2.24) is 0 Å². The fourth-order valence-corrected chi connectivity index (χ4v) is 1.80. The van der Waals surface area contributed by atoms with Gasteiger partial charge >= 0.3 is 0 Å². The average molecular weight is 229 g/mol. The lowest BCUT2D eigenvalue weighted by molar-refractivity contribution is 0.197. The van der Waals surface area contributed by atoms with Crippen LogP contribution in [0.25, 0.3) is 0 Å². The van der Waals surface area contributed by atoms with Crippen molar-refractivity contribution in [3.05, 3.63) is 28.8 Å². The van der Waals surface area contributed by atoms with Gasteiger partial charge in [0.25, 0.3) is 0 Å². The normalized spacial score (nSPS) is 12.6. The fourth-order valence-electron chi connectivity index (χ4n) is 1.69. The number of rotatable bonds is 4. The van der Waals surface area contributed by atoms with E-state index in [2.05, 4.69) is 6.07 Å². The van der Waals surface area contributed by atoms with E-state index in [9.17, 15) is 5.11 Å². The Hall–Kier alpha value is -0.730. The van der Waals surface area contributed by atoms with Crippen molar-refractivity contribution in [2.24, 2.45) is 0 Å². The van der Waals surface area contributed by atoms with E-state index in [1.165, 1.54) is 0 Å². The summed E-state index contributed by atoms with van der Waals surface area (Å²) in [5.41, 5.74) is 3.33. The highest BCUT2D eigenvalue weighted by molar-refractivity contribution is 6.18. The zero-order valence-electron chi connectivity index (χ0n) is 9.38. The number of ether oxygens (including phenoxy) is 1. The van der Waals surface area contributed by atoms with Gasteiger partial charge in [-0.15, -0.1) is 11.6 Å². The molecule has 84 valence electrons. The highest BCUT2D eigenvalue weighted by atomic mass is 35.5. The van der Waals surface area contributed by atoms with Crippen molar-refractivity contribution >= 4 is 11.6 Å². The monoisotopic (exact) mass is 228 g/mol. The number of halogens is 1. The number of alkyl halides is 1. The Balaban J connectivity index is 3.04. The quantitative estimate of drug-likeness (QED) is 0.803. The van der Waals surface area contributed by atoms with Crippen LogP contribution in [0.1, 0.15) is 16.7 Å². The summed E-state index contributed by atoms with van der Waals surface area (Å²) in [5, 5.41) is 9.54. The lowest BCUT2D eigenvalue weighted by Gasteiger charge is -2.15. The number of methoxy groups -OCH3 is 1. The van der Waals surface area contributed by atoms with Crippen LogP contribution in [0.5, 0.6) is 5.75 Å². The Morgan fingerprint density at radius 3 is 2.60 bits per heavy atom. The Kier molecular flexibility index (Phi) is 4.43. The molecule has 0 radical (unpaired) electrons. The molecule has 1 atom stereocenters. The minimum atomic E-state index is -0.512. The SMILES string of the molecule is COc1cc(C)cc(C)c1CC(O)CCl. The summed E-state index contributed by atoms with van der Waals surface area (Å²) in [5.74, 6) is 1.08. The second kappa shape index (κ2) is 5.38. The first-order valence-electron chi connectivity index (χ1n) is 4.96. The standard InChI is InChI=1S/C12H17ClO2/c1-8-4-9(2)11(6-10(14)7-13)12(5-8)15-3/h4-5,10,14H,6-7H2,1-3H3. The summed E-state index contributed by atoms with van der Waals surface area (Å²) >= 11 is 5.59. The number of aliphatic hydroxyl groups is 1. The molecule has 0 amide bonds. The van der Waals surface area contributed by atoms with Crippen LogP contribution in [0.3, 0.4) is 0 Å². The number of aryl methyl sites for hydroxylation is 2. The molecule has 0 saturated heterocycles. The van der Waals surface area contributed by atoms with Crippen LogP contribution in [0.4, 0.5) is 0 Å². The molecule has 1 rings (SSSR count). The van der Waals surface area contributed by atoms with E-state index in [1.807, 2.05) is 19.9 Å². The van der Waals surface area contributed by atoms with Gasteiger partial charge in [0.1, 0.15) is 5.75 Å². The van der Waals surface area contributed by atoms with Crippen molar-refractivity contribution in [3.8, 4) is 5.75 Å². The molecule has 1 aromatic rings. The summed E-state index contributed by atoms with van der Waals surface area (Å²) in [6.07, 6.45) is 0.0284. The van der Waals surface area contributed by atoms with Crippen LogP contribution in [0.15, 0.2) is 12.1 Å². The van der Waals surface area contributed by atoms with E-state index in [0.29, 0.717) is 6.42 Å². The van der Waals surface area contributed by atoms with E-state index < -0.39 is 6.10 Å². The Labute approximate surface area is 95.8 Å². The van der Waals surface area contributed by atoms with Crippen molar-refractivity contribution in [2.75, 3.05) is 13.0 Å². The van der Waals surface area contributed by atoms with E-state index in [4.69, 9.17) is 16.3 Å². The summed E-state index contributed by atoms with van der Waals surface area (Å²) in [6.45, 7) is 4.04. The lowest BCUT2D eigenvalue weighted by Crippen LogP contribution is -2.13. The third kappa shape index (κ3) is 3.11. The van der Waals surface area contributed by atoms with E-state index >= 15 is 0 Å². The molecule has 0 saturated carbocycles. The van der Waals surface area contributed by atoms with Gasteiger partial charge in [0.05, 0.1) is 13.2 Å². The molecule has 0 aliphatic carbocycles. The van der Waals surface area contributed by atoms with Crippen LogP contribution in [-0.4, -0.2) is 24.2 Å². The van der Waals surface area contributed by atoms with Gasteiger partial charge in [-0.05, 0) is 36.6 Å². The number of aliphatic hydroxyl groups excluding tert-OH is 1. The van der Waals surface area contributed by atoms with Gasteiger partial charge < -0.3 is 9.84 Å². The van der Waals surface area contributed by atoms with Gasteiger partial charge in [0.2, 0.25) is 0 Å². The summed E-state index contributed by atoms with van der Waals surface area (Å²) in [4.78, 5) is 0. The third-order valence-corrected chi connectivity index (χ3v) is 2.77. The highest BCUT2D eigenvalue weighted by Crippen LogP contribution is 2.25. The third-order valence-electron chi connectivity index (χ3n) is 2.41. The maximum Gasteiger partial charge on any atom is 0.122 e. The average Bonchev–Trinajstić information content (AvgIpc) is 2.21. The predicted molar refractivity (Wildman–Crippen MR) is 62.9 cm³/mol. The molecular formula is C12H17ClO2. The molecule has 0 spiro atoms. The highest BCUT2D eigenvalue weighted by Gasteiger charge is 2.12. The Bertz CT molecular complexity index is 337. The maximum absolute atomic E-state index is 9.54. The van der Waals surface area contributed by atoms with Crippen molar-refractivity contribution < 1.29 is 9.84 Å². The van der Waals surface area contributed by atoms with Gasteiger partial charge in [-0.1, -0.05) is 6.07 Å². The summed E-state index contributed by atoms with van der Waals surface area (Å²) < 4.78 is 5.30. The molecule has 0 aliphatic heterocycles. The first-order chi connectivity index (χ1) is 7.08. The Morgan fingerprint density at radius 1 is 1.40 bits per heavy atom. The van der Waals surface area contributed by atoms with Gasteiger partial charge in [0, 0.05) is 12.3 Å². The Morgan fingerprint density at radius 2 is 2.07 bits per heavy atom. The molecule has 1 N–H and O–H groups in total. The lowest BCUT2D eigenvalue weighted by atomic mass is 9.99. The van der Waals surface area contributed by atoms with Crippen molar-refractivity contribution in [2.45, 2.75) is 26.4 Å². The largest absolute Gasteiger partial charge is 0.496 e. The number of benzene rings is 1. The smallest absolute Gasteiger partial charge is 0.122 e. The molecule has 0 aromatic heterocycles. The topological polar surface area (TPSA) is 29.5 Å². The summed E-state index contributed by atoms with van der Waals surface area (Å²) in [7, 11) is 1.64. The molecular weight excluding hydrogens is 212 g/mol. The van der Waals surface area contributed by atoms with E-state index in [1.54, 1.807) is 7.11 Å². The zero-order valence-corrected chi connectivity index (χ0v) is 10.1. The van der Waals surface area contributed by atoms with Gasteiger partial charge in [-0.2, -0.15) is 0 Å². The zero-order chi connectivity index (χ0) is 11.4. The van der Waals surface area contributed by atoms with Crippen LogP contribution in [0, 0.1) is 13.8 Å². The van der Waals surface area contributed by atoms with Gasteiger partial charge in [0.15, 0.2) is 0 Å². The first kappa shape index (κ1) is 12.3. The predicted octanol–water partition coefficient (Wildman–Crippen LogP) is 2.45. The van der Waals surface area contributed by atoms with Crippen molar-refractivity contribution in [3.63, 3.8) is 0 Å². The maximum atomic E-state index is 9.54. The number of hydrogen-bond donors (Lipinski definition) is 1. The molecule has 2 nitrogen and oxygen atoms in total. The molecule has 0 bridgehead atoms. The van der Waals surface area contributed by atoms with Gasteiger partial charge in [-0.3, -0.25) is 0 Å². The molecule has 0 heterocycles. The molecule has 0 aliphatic rings. The molecule has 1 aromatic carbocycles.